The average Bonchev–Trinajstić information content (AvgIpc) is 2.53. The highest BCUT2D eigenvalue weighted by Crippen LogP contribution is 2.11. The van der Waals surface area contributed by atoms with Gasteiger partial charge in [0.25, 0.3) is 0 Å². The molecule has 2 aromatic carbocycles. The molecule has 5 nitrogen and oxygen atoms in total. The molecule has 2 N–H and O–H groups in total. The van der Waals surface area contributed by atoms with E-state index in [1.54, 1.807) is 24.3 Å². The Balaban J connectivity index is 2.04. The van der Waals surface area contributed by atoms with E-state index in [2.05, 4.69) is 5.32 Å². The molecule has 1 atom stereocenters. The number of nitrogens with one attached hydrogen (secondary N) is 1. The van der Waals surface area contributed by atoms with E-state index in [-0.39, 0.29) is 18.7 Å². The van der Waals surface area contributed by atoms with Gasteiger partial charge in [0.05, 0.1) is 24.5 Å². The van der Waals surface area contributed by atoms with E-state index in [9.17, 15) is 9.59 Å². The van der Waals surface area contributed by atoms with Crippen LogP contribution in [-0.2, 0) is 22.4 Å². The molecule has 5 heteroatoms. The molecule has 0 saturated heterocycles. The normalized spacial score (nSPS) is 11.4. The van der Waals surface area contributed by atoms with Crippen molar-refractivity contribution in [2.45, 2.75) is 39.2 Å². The van der Waals surface area contributed by atoms with Crippen molar-refractivity contribution in [1.29, 1.82) is 5.26 Å². The Bertz CT molecular complexity index is 815. The third kappa shape index (κ3) is 6.06. The van der Waals surface area contributed by atoms with Crippen LogP contribution in [0.3, 0.4) is 0 Å². The van der Waals surface area contributed by atoms with Gasteiger partial charge in [-0.1, -0.05) is 41.5 Å². The van der Waals surface area contributed by atoms with Crippen LogP contribution in [0.25, 0.3) is 0 Å². The SMILES string of the molecule is Cc1cc(C)cc(CC(=O)N[C@H](CC(=O)O)Cc2ccc(C#N)cc2)c1. The minimum absolute atomic E-state index is 0.154. The van der Waals surface area contributed by atoms with E-state index in [1.165, 1.54) is 0 Å². The Kier molecular flexibility index (Phi) is 6.51. The summed E-state index contributed by atoms with van der Waals surface area (Å²) in [4.78, 5) is 23.5. The molecule has 0 aliphatic rings. The molecule has 0 radical (unpaired) electrons. The summed E-state index contributed by atoms with van der Waals surface area (Å²) in [5.41, 5.74) is 4.51. The fraction of sp³-hybridized carbons (Fsp3) is 0.286. The molecule has 134 valence electrons. The maximum Gasteiger partial charge on any atom is 0.305 e. The molecule has 0 aromatic heterocycles. The zero-order valence-electron chi connectivity index (χ0n) is 15.0. The number of hydrogen-bond acceptors (Lipinski definition) is 3. The summed E-state index contributed by atoms with van der Waals surface area (Å²) in [6.07, 6.45) is 0.460. The van der Waals surface area contributed by atoms with E-state index in [0.717, 1.165) is 22.3 Å². The van der Waals surface area contributed by atoms with Crippen molar-refractivity contribution in [2.75, 3.05) is 0 Å². The van der Waals surface area contributed by atoms with E-state index >= 15 is 0 Å². The number of nitriles is 1. The Morgan fingerprint density at radius 3 is 2.23 bits per heavy atom. The van der Waals surface area contributed by atoms with E-state index in [0.29, 0.717) is 12.0 Å². The molecule has 26 heavy (non-hydrogen) atoms. The molecule has 0 heterocycles. The minimum atomic E-state index is -0.963. The van der Waals surface area contributed by atoms with Crippen LogP contribution >= 0.6 is 0 Å². The summed E-state index contributed by atoms with van der Waals surface area (Å²) < 4.78 is 0. The quantitative estimate of drug-likeness (QED) is 0.803. The fourth-order valence-electron chi connectivity index (χ4n) is 3.02. The summed E-state index contributed by atoms with van der Waals surface area (Å²) >= 11 is 0. The van der Waals surface area contributed by atoms with Crippen molar-refractivity contribution in [3.63, 3.8) is 0 Å². The maximum absolute atomic E-state index is 12.4. The van der Waals surface area contributed by atoms with Gasteiger partial charge in [-0.3, -0.25) is 9.59 Å². The Morgan fingerprint density at radius 1 is 1.08 bits per heavy atom. The van der Waals surface area contributed by atoms with Crippen LogP contribution in [0.5, 0.6) is 0 Å². The zero-order valence-corrected chi connectivity index (χ0v) is 15.0. The molecule has 2 rings (SSSR count). The monoisotopic (exact) mass is 350 g/mol. The highest BCUT2D eigenvalue weighted by atomic mass is 16.4. The maximum atomic E-state index is 12.4. The highest BCUT2D eigenvalue weighted by Gasteiger charge is 2.17. The third-order valence-electron chi connectivity index (χ3n) is 4.00. The first kappa shape index (κ1) is 19.2. The van der Waals surface area contributed by atoms with Crippen molar-refractivity contribution in [3.8, 4) is 6.07 Å². The number of aryl methyl sites for hydroxylation is 2. The Morgan fingerprint density at radius 2 is 1.69 bits per heavy atom. The standard InChI is InChI=1S/C21H22N2O3/c1-14-7-15(2)9-18(8-14)11-20(24)23-19(12-21(25)26)10-16-3-5-17(13-22)6-4-16/h3-9,19H,10-12H2,1-2H3,(H,23,24)(H,25,26)/t19-/m0/s1. The van der Waals surface area contributed by atoms with Crippen LogP contribution in [-0.4, -0.2) is 23.0 Å². The molecule has 0 fully saturated rings. The van der Waals surface area contributed by atoms with Crippen LogP contribution in [0.4, 0.5) is 0 Å². The van der Waals surface area contributed by atoms with Crippen LogP contribution < -0.4 is 5.32 Å². The second-order valence-electron chi connectivity index (χ2n) is 6.55. The second-order valence-corrected chi connectivity index (χ2v) is 6.55. The van der Waals surface area contributed by atoms with Gasteiger partial charge < -0.3 is 10.4 Å². The molecule has 0 bridgehead atoms. The Hall–Kier alpha value is -3.13. The number of rotatable bonds is 7. The van der Waals surface area contributed by atoms with Crippen LogP contribution in [0, 0.1) is 25.2 Å². The van der Waals surface area contributed by atoms with Gasteiger partial charge in [-0.15, -0.1) is 0 Å². The van der Waals surface area contributed by atoms with Gasteiger partial charge in [0.1, 0.15) is 0 Å². The smallest absolute Gasteiger partial charge is 0.305 e. The van der Waals surface area contributed by atoms with Crippen LogP contribution in [0.15, 0.2) is 42.5 Å². The number of hydrogen-bond donors (Lipinski definition) is 2. The third-order valence-corrected chi connectivity index (χ3v) is 4.00. The van der Waals surface area contributed by atoms with Gasteiger partial charge in [-0.25, -0.2) is 0 Å². The summed E-state index contributed by atoms with van der Waals surface area (Å²) in [5, 5.41) is 20.8. The van der Waals surface area contributed by atoms with Crippen molar-refractivity contribution in [3.05, 3.63) is 70.3 Å². The first-order valence-electron chi connectivity index (χ1n) is 8.43. The van der Waals surface area contributed by atoms with E-state index in [1.807, 2.05) is 38.1 Å². The lowest BCUT2D eigenvalue weighted by molar-refractivity contribution is -0.137. The summed E-state index contributed by atoms with van der Waals surface area (Å²) in [7, 11) is 0. The zero-order chi connectivity index (χ0) is 19.1. The number of carboxylic acids is 1. The number of carbonyl (C=O) groups excluding carboxylic acids is 1. The number of benzene rings is 2. The lowest BCUT2D eigenvalue weighted by Gasteiger charge is -2.17. The predicted octanol–water partition coefficient (Wildman–Crippen LogP) is 2.92. The molecule has 0 saturated carbocycles. The van der Waals surface area contributed by atoms with Crippen molar-refractivity contribution >= 4 is 11.9 Å². The number of carboxylic acid groups (broad SMARTS) is 1. The number of carbonyl (C=O) groups is 2. The largest absolute Gasteiger partial charge is 0.481 e. The molecule has 1 amide bonds. The summed E-state index contributed by atoms with van der Waals surface area (Å²) in [6, 6.07) is 14.4. The number of amides is 1. The molecule has 2 aromatic rings. The van der Waals surface area contributed by atoms with Gasteiger partial charge in [0.2, 0.25) is 5.91 Å². The molecular formula is C21H22N2O3. The molecule has 0 unspecified atom stereocenters. The van der Waals surface area contributed by atoms with Gasteiger partial charge in [-0.05, 0) is 43.5 Å². The summed E-state index contributed by atoms with van der Waals surface area (Å²) in [6.45, 7) is 3.96. The fourth-order valence-corrected chi connectivity index (χ4v) is 3.02. The van der Waals surface area contributed by atoms with Gasteiger partial charge in [0.15, 0.2) is 0 Å². The first-order chi connectivity index (χ1) is 12.4. The topological polar surface area (TPSA) is 90.2 Å². The Labute approximate surface area is 153 Å². The van der Waals surface area contributed by atoms with Gasteiger partial charge in [0, 0.05) is 6.04 Å². The van der Waals surface area contributed by atoms with Crippen LogP contribution in [0.2, 0.25) is 0 Å². The molecular weight excluding hydrogens is 328 g/mol. The average molecular weight is 350 g/mol. The molecule has 0 aliphatic heterocycles. The van der Waals surface area contributed by atoms with E-state index in [4.69, 9.17) is 10.4 Å². The predicted molar refractivity (Wildman–Crippen MR) is 98.7 cm³/mol. The van der Waals surface area contributed by atoms with Crippen molar-refractivity contribution in [2.24, 2.45) is 0 Å². The van der Waals surface area contributed by atoms with Gasteiger partial charge >= 0.3 is 5.97 Å². The number of aliphatic carboxylic acids is 1. The lowest BCUT2D eigenvalue weighted by atomic mass is 10.0. The minimum Gasteiger partial charge on any atom is -0.481 e. The molecule has 0 spiro atoms. The van der Waals surface area contributed by atoms with E-state index < -0.39 is 12.0 Å². The van der Waals surface area contributed by atoms with Gasteiger partial charge in [-0.2, -0.15) is 5.26 Å². The van der Waals surface area contributed by atoms with Crippen molar-refractivity contribution < 1.29 is 14.7 Å². The number of nitrogens with zero attached hydrogens (tertiary/aromatic N) is 1. The molecule has 0 aliphatic carbocycles. The lowest BCUT2D eigenvalue weighted by Crippen LogP contribution is -2.39. The van der Waals surface area contributed by atoms with Crippen LogP contribution in [0.1, 0.15) is 34.2 Å². The second kappa shape index (κ2) is 8.82. The van der Waals surface area contributed by atoms with Crippen molar-refractivity contribution in [1.82, 2.24) is 5.32 Å². The first-order valence-corrected chi connectivity index (χ1v) is 8.43. The highest BCUT2D eigenvalue weighted by molar-refractivity contribution is 5.80. The summed E-state index contributed by atoms with van der Waals surface area (Å²) in [5.74, 6) is -1.16.